The molecule has 0 unspecified atom stereocenters. The van der Waals surface area contributed by atoms with E-state index in [0.717, 1.165) is 50.1 Å². The standard InChI is InChI=1S/C65H49NO/c1-4-20-44(21-5-1)50-31-16-22-46-23-17-33-53(62(46)50)52-28-11-14-36-58(52)66(49-42-40-45(41-43-49)51-32-18-39-61-63(51)55-30-12-15-38-60(55)67-61)59-37-19-35-57-64(59)54-29-10-13-34-56(54)65(57,47-24-6-2-7-25-47)48-26-8-3-9-27-48/h2-3,6-19,22-44H,1,4-5,20-21H2. The van der Waals surface area contributed by atoms with Crippen LogP contribution in [0.2, 0.25) is 0 Å². The number of anilines is 3. The van der Waals surface area contributed by atoms with Gasteiger partial charge < -0.3 is 9.32 Å². The molecule has 0 N–H and O–H groups in total. The number of furan rings is 1. The van der Waals surface area contributed by atoms with E-state index in [4.69, 9.17) is 4.42 Å². The maximum atomic E-state index is 6.37. The van der Waals surface area contributed by atoms with E-state index in [2.05, 4.69) is 229 Å². The number of rotatable bonds is 8. The quantitative estimate of drug-likeness (QED) is 0.151. The molecule has 1 heterocycles. The molecule has 2 aliphatic carbocycles. The Morgan fingerprint density at radius 3 is 1.78 bits per heavy atom. The van der Waals surface area contributed by atoms with E-state index < -0.39 is 5.41 Å². The summed E-state index contributed by atoms with van der Waals surface area (Å²) in [6.07, 6.45) is 6.41. The van der Waals surface area contributed by atoms with Crippen molar-refractivity contribution in [1.82, 2.24) is 0 Å². The van der Waals surface area contributed by atoms with E-state index in [-0.39, 0.29) is 0 Å². The van der Waals surface area contributed by atoms with Crippen molar-refractivity contribution in [2.24, 2.45) is 0 Å². The Morgan fingerprint density at radius 2 is 0.985 bits per heavy atom. The van der Waals surface area contributed by atoms with E-state index in [0.29, 0.717) is 5.92 Å². The topological polar surface area (TPSA) is 16.4 Å². The van der Waals surface area contributed by atoms with Gasteiger partial charge in [-0.3, -0.25) is 0 Å². The lowest BCUT2D eigenvalue weighted by Gasteiger charge is -2.34. The van der Waals surface area contributed by atoms with Crippen molar-refractivity contribution in [3.05, 3.63) is 258 Å². The summed E-state index contributed by atoms with van der Waals surface area (Å²) in [7, 11) is 0. The van der Waals surface area contributed by atoms with Crippen molar-refractivity contribution < 1.29 is 4.42 Å². The Kier molecular flexibility index (Phi) is 9.53. The number of nitrogens with zero attached hydrogens (tertiary/aromatic N) is 1. The van der Waals surface area contributed by atoms with Gasteiger partial charge in [0.25, 0.3) is 0 Å². The molecule has 0 aliphatic heterocycles. The second kappa shape index (κ2) is 16.2. The van der Waals surface area contributed by atoms with Crippen molar-refractivity contribution >= 4 is 49.8 Å². The molecule has 0 radical (unpaired) electrons. The van der Waals surface area contributed by atoms with Crippen molar-refractivity contribution in [1.29, 1.82) is 0 Å². The van der Waals surface area contributed by atoms with Crippen LogP contribution in [0.25, 0.3) is 66.1 Å². The molecule has 13 rings (SSSR count). The molecule has 11 aromatic rings. The zero-order chi connectivity index (χ0) is 44.3. The zero-order valence-corrected chi connectivity index (χ0v) is 37.4. The molecule has 0 saturated heterocycles. The van der Waals surface area contributed by atoms with Gasteiger partial charge in [0, 0.05) is 27.6 Å². The van der Waals surface area contributed by atoms with E-state index in [9.17, 15) is 0 Å². The predicted molar refractivity (Wildman–Crippen MR) is 280 cm³/mol. The van der Waals surface area contributed by atoms with Crippen LogP contribution in [0.5, 0.6) is 0 Å². The lowest BCUT2D eigenvalue weighted by Crippen LogP contribution is -2.28. The SMILES string of the molecule is c1ccc(C2(c3ccccc3)c3ccccc3-c3c(N(c4ccc(-c5cccc6oc7ccccc7c56)cc4)c4ccccc4-c4cccc5cccc(C6CCCCC6)c45)cccc32)cc1. The van der Waals surface area contributed by atoms with Gasteiger partial charge >= 0.3 is 0 Å². The first-order valence-corrected chi connectivity index (χ1v) is 24.0. The number of benzene rings is 10. The van der Waals surface area contributed by atoms with Crippen LogP contribution in [-0.4, -0.2) is 0 Å². The van der Waals surface area contributed by atoms with Crippen LogP contribution in [0.3, 0.4) is 0 Å². The van der Waals surface area contributed by atoms with Crippen LogP contribution in [-0.2, 0) is 5.41 Å². The lowest BCUT2D eigenvalue weighted by atomic mass is 9.68. The molecule has 0 bridgehead atoms. The monoisotopic (exact) mass is 859 g/mol. The van der Waals surface area contributed by atoms with E-state index in [1.165, 1.54) is 92.9 Å². The summed E-state index contributed by atoms with van der Waals surface area (Å²) in [6.45, 7) is 0. The highest BCUT2D eigenvalue weighted by Crippen LogP contribution is 2.60. The Morgan fingerprint density at radius 1 is 0.403 bits per heavy atom. The second-order valence-corrected chi connectivity index (χ2v) is 18.5. The van der Waals surface area contributed by atoms with Crippen molar-refractivity contribution in [3.63, 3.8) is 0 Å². The summed E-state index contributed by atoms with van der Waals surface area (Å²) in [4.78, 5) is 2.55. The minimum absolute atomic E-state index is 0.532. The number of hydrogen-bond donors (Lipinski definition) is 0. The van der Waals surface area contributed by atoms with Gasteiger partial charge in [-0.1, -0.05) is 213 Å². The summed E-state index contributed by atoms with van der Waals surface area (Å²) >= 11 is 0. The van der Waals surface area contributed by atoms with Gasteiger partial charge in [-0.05, 0) is 116 Å². The first kappa shape index (κ1) is 39.4. The Labute approximate surface area is 392 Å². The Hall–Kier alpha value is -7.94. The van der Waals surface area contributed by atoms with Gasteiger partial charge in [0.1, 0.15) is 11.2 Å². The fraction of sp³-hybridized carbons (Fsp3) is 0.108. The third kappa shape index (κ3) is 6.24. The normalized spacial score (nSPS) is 14.3. The van der Waals surface area contributed by atoms with E-state index in [1.807, 2.05) is 6.07 Å². The highest BCUT2D eigenvalue weighted by molar-refractivity contribution is 6.12. The average Bonchev–Trinajstić information content (AvgIpc) is 3.94. The molecular formula is C65H49NO. The fourth-order valence-electron chi connectivity index (χ4n) is 12.1. The maximum Gasteiger partial charge on any atom is 0.136 e. The molecule has 2 aliphatic rings. The molecule has 320 valence electrons. The molecule has 67 heavy (non-hydrogen) atoms. The van der Waals surface area contributed by atoms with Gasteiger partial charge in [-0.25, -0.2) is 0 Å². The second-order valence-electron chi connectivity index (χ2n) is 18.5. The van der Waals surface area contributed by atoms with Crippen LogP contribution in [0.1, 0.15) is 65.8 Å². The molecule has 1 saturated carbocycles. The van der Waals surface area contributed by atoms with Crippen LogP contribution in [0.15, 0.2) is 235 Å². The largest absolute Gasteiger partial charge is 0.456 e. The van der Waals surface area contributed by atoms with E-state index >= 15 is 0 Å². The molecule has 1 fully saturated rings. The summed E-state index contributed by atoms with van der Waals surface area (Å²) in [5.74, 6) is 0.559. The summed E-state index contributed by atoms with van der Waals surface area (Å²) in [5.41, 5.74) is 18.6. The van der Waals surface area contributed by atoms with Crippen LogP contribution in [0.4, 0.5) is 17.1 Å². The fourth-order valence-corrected chi connectivity index (χ4v) is 12.1. The lowest BCUT2D eigenvalue weighted by molar-refractivity contribution is 0.445. The predicted octanol–water partition coefficient (Wildman–Crippen LogP) is 18.0. The molecular weight excluding hydrogens is 811 g/mol. The number of fused-ring (bicyclic) bond motifs is 7. The van der Waals surface area contributed by atoms with Crippen molar-refractivity contribution in [2.45, 2.75) is 43.4 Å². The van der Waals surface area contributed by atoms with E-state index in [1.54, 1.807) is 0 Å². The third-order valence-electron chi connectivity index (χ3n) is 15.0. The highest BCUT2D eigenvalue weighted by Gasteiger charge is 2.47. The Balaban J connectivity index is 1.08. The molecule has 0 amide bonds. The molecule has 1 aromatic heterocycles. The van der Waals surface area contributed by atoms with Crippen LogP contribution < -0.4 is 4.90 Å². The van der Waals surface area contributed by atoms with Crippen molar-refractivity contribution in [2.75, 3.05) is 4.90 Å². The maximum absolute atomic E-state index is 6.37. The average molecular weight is 860 g/mol. The summed E-state index contributed by atoms with van der Waals surface area (Å²) in [5, 5.41) is 4.97. The first-order valence-electron chi connectivity index (χ1n) is 24.0. The smallest absolute Gasteiger partial charge is 0.136 e. The summed E-state index contributed by atoms with van der Waals surface area (Å²) < 4.78 is 6.37. The minimum atomic E-state index is -0.532. The van der Waals surface area contributed by atoms with Gasteiger partial charge in [0.05, 0.1) is 16.8 Å². The van der Waals surface area contributed by atoms with Gasteiger partial charge in [0.2, 0.25) is 0 Å². The first-order chi connectivity index (χ1) is 33.3. The number of hydrogen-bond acceptors (Lipinski definition) is 2. The summed E-state index contributed by atoms with van der Waals surface area (Å²) in [6, 6.07) is 85.5. The molecule has 0 atom stereocenters. The number of para-hydroxylation sites is 2. The zero-order valence-electron chi connectivity index (χ0n) is 37.4. The minimum Gasteiger partial charge on any atom is -0.456 e. The molecule has 2 heteroatoms. The third-order valence-corrected chi connectivity index (χ3v) is 15.0. The molecule has 0 spiro atoms. The van der Waals surface area contributed by atoms with Crippen LogP contribution >= 0.6 is 0 Å². The molecule has 2 nitrogen and oxygen atoms in total. The molecule has 10 aromatic carbocycles. The van der Waals surface area contributed by atoms with Crippen LogP contribution in [0, 0.1) is 0 Å². The van der Waals surface area contributed by atoms with Gasteiger partial charge in [-0.2, -0.15) is 0 Å². The van der Waals surface area contributed by atoms with Gasteiger partial charge in [0.15, 0.2) is 0 Å². The van der Waals surface area contributed by atoms with Gasteiger partial charge in [-0.15, -0.1) is 0 Å². The highest BCUT2D eigenvalue weighted by atomic mass is 16.3. The van der Waals surface area contributed by atoms with Crippen molar-refractivity contribution in [3.8, 4) is 33.4 Å². The Bertz CT molecular complexity index is 3570.